The molecule has 0 bridgehead atoms. The Morgan fingerprint density at radius 3 is 2.46 bits per heavy atom. The standard InChI is InChI=1S/C19H17BrN4O2/c1-13-17(12-21-22-18(25)15-10-6-7-11-16(15)20)23(2)24(19(13)26)14-8-4-3-5-9-14/h3-12H,1-2H3,(H,22,25)/b21-12-. The third-order valence-electron chi connectivity index (χ3n) is 4.02. The first kappa shape index (κ1) is 17.9. The van der Waals surface area contributed by atoms with Crippen LogP contribution in [0.15, 0.2) is 69.0 Å². The van der Waals surface area contributed by atoms with Crippen LogP contribution in [0, 0.1) is 6.92 Å². The molecule has 1 heterocycles. The number of benzene rings is 2. The van der Waals surface area contributed by atoms with Crippen LogP contribution in [0.25, 0.3) is 5.69 Å². The number of hydrogen-bond acceptors (Lipinski definition) is 3. The zero-order chi connectivity index (χ0) is 18.7. The predicted octanol–water partition coefficient (Wildman–Crippen LogP) is 3.01. The van der Waals surface area contributed by atoms with Gasteiger partial charge in [0.05, 0.1) is 23.2 Å². The van der Waals surface area contributed by atoms with Gasteiger partial charge in [0.25, 0.3) is 11.5 Å². The molecule has 1 aromatic heterocycles. The second kappa shape index (κ2) is 7.53. The number of rotatable bonds is 4. The van der Waals surface area contributed by atoms with Gasteiger partial charge in [0.1, 0.15) is 0 Å². The quantitative estimate of drug-likeness (QED) is 0.528. The van der Waals surface area contributed by atoms with Crippen molar-refractivity contribution in [1.82, 2.24) is 14.8 Å². The molecule has 26 heavy (non-hydrogen) atoms. The molecule has 0 aliphatic carbocycles. The van der Waals surface area contributed by atoms with Crippen LogP contribution in [0.3, 0.4) is 0 Å². The van der Waals surface area contributed by atoms with Gasteiger partial charge in [-0.25, -0.2) is 10.1 Å². The molecular weight excluding hydrogens is 396 g/mol. The van der Waals surface area contributed by atoms with E-state index < -0.39 is 0 Å². The van der Waals surface area contributed by atoms with Crippen LogP contribution in [-0.2, 0) is 7.05 Å². The largest absolute Gasteiger partial charge is 0.279 e. The van der Waals surface area contributed by atoms with Crippen molar-refractivity contribution in [3.63, 3.8) is 0 Å². The number of amides is 1. The van der Waals surface area contributed by atoms with Gasteiger partial charge in [0.2, 0.25) is 0 Å². The molecule has 0 atom stereocenters. The van der Waals surface area contributed by atoms with Gasteiger partial charge < -0.3 is 0 Å². The third-order valence-corrected chi connectivity index (χ3v) is 4.71. The highest BCUT2D eigenvalue weighted by Crippen LogP contribution is 2.15. The lowest BCUT2D eigenvalue weighted by Crippen LogP contribution is -2.20. The summed E-state index contributed by atoms with van der Waals surface area (Å²) >= 11 is 3.33. The second-order valence-electron chi connectivity index (χ2n) is 5.67. The molecule has 0 spiro atoms. The Morgan fingerprint density at radius 2 is 1.77 bits per heavy atom. The first-order valence-electron chi connectivity index (χ1n) is 7.92. The van der Waals surface area contributed by atoms with E-state index in [9.17, 15) is 9.59 Å². The molecule has 0 aliphatic heterocycles. The number of nitrogens with zero attached hydrogens (tertiary/aromatic N) is 3. The number of nitrogens with one attached hydrogen (secondary N) is 1. The smallest absolute Gasteiger partial charge is 0.274 e. The fourth-order valence-corrected chi connectivity index (χ4v) is 3.12. The van der Waals surface area contributed by atoms with Crippen molar-refractivity contribution in [3.8, 4) is 5.69 Å². The molecule has 1 amide bonds. The van der Waals surface area contributed by atoms with Gasteiger partial charge in [-0.05, 0) is 47.1 Å². The van der Waals surface area contributed by atoms with E-state index in [1.54, 1.807) is 41.5 Å². The molecule has 0 saturated carbocycles. The van der Waals surface area contributed by atoms with E-state index in [1.165, 1.54) is 6.21 Å². The summed E-state index contributed by atoms with van der Waals surface area (Å²) in [6, 6.07) is 16.4. The summed E-state index contributed by atoms with van der Waals surface area (Å²) in [4.78, 5) is 24.8. The molecule has 1 N–H and O–H groups in total. The second-order valence-corrected chi connectivity index (χ2v) is 6.52. The molecule has 3 aromatic rings. The number of carbonyl (C=O) groups excluding carboxylic acids is 1. The molecule has 0 fully saturated rings. The van der Waals surface area contributed by atoms with Crippen molar-refractivity contribution >= 4 is 28.1 Å². The summed E-state index contributed by atoms with van der Waals surface area (Å²) in [5.41, 5.74) is 4.77. The van der Waals surface area contributed by atoms with E-state index in [-0.39, 0.29) is 11.5 Å². The molecule has 0 radical (unpaired) electrons. The Bertz CT molecular complexity index is 1040. The Labute approximate surface area is 158 Å². The first-order valence-corrected chi connectivity index (χ1v) is 8.72. The van der Waals surface area contributed by atoms with Gasteiger partial charge in [-0.15, -0.1) is 0 Å². The summed E-state index contributed by atoms with van der Waals surface area (Å²) in [7, 11) is 1.78. The molecule has 0 saturated heterocycles. The number of para-hydroxylation sites is 1. The molecule has 3 rings (SSSR count). The normalized spacial score (nSPS) is 11.0. The van der Waals surface area contributed by atoms with Gasteiger partial charge in [-0.1, -0.05) is 30.3 Å². The fourth-order valence-electron chi connectivity index (χ4n) is 2.65. The molecule has 2 aromatic carbocycles. The Kier molecular flexibility index (Phi) is 5.18. The molecule has 0 unspecified atom stereocenters. The predicted molar refractivity (Wildman–Crippen MR) is 105 cm³/mol. The zero-order valence-corrected chi connectivity index (χ0v) is 15.9. The molecule has 132 valence electrons. The highest BCUT2D eigenvalue weighted by atomic mass is 79.9. The summed E-state index contributed by atoms with van der Waals surface area (Å²) in [5, 5.41) is 4.01. The molecular formula is C19H17BrN4O2. The minimum absolute atomic E-state index is 0.128. The SMILES string of the molecule is Cc1c(/C=N\NC(=O)c2ccccc2Br)n(C)n(-c2ccccc2)c1=O. The lowest BCUT2D eigenvalue weighted by molar-refractivity contribution is 0.0954. The van der Waals surface area contributed by atoms with Crippen LogP contribution >= 0.6 is 15.9 Å². The molecule has 6 nitrogen and oxygen atoms in total. The summed E-state index contributed by atoms with van der Waals surface area (Å²) in [6.07, 6.45) is 1.48. The molecule has 7 heteroatoms. The summed E-state index contributed by atoms with van der Waals surface area (Å²) in [5.74, 6) is -0.334. The maximum atomic E-state index is 12.6. The maximum absolute atomic E-state index is 12.6. The number of aromatic nitrogens is 2. The number of carbonyl (C=O) groups is 1. The minimum atomic E-state index is -0.334. The van der Waals surface area contributed by atoms with Gasteiger partial charge in [-0.3, -0.25) is 14.3 Å². The average molecular weight is 413 g/mol. The van der Waals surface area contributed by atoms with Crippen molar-refractivity contribution in [2.75, 3.05) is 0 Å². The first-order chi connectivity index (χ1) is 12.5. The summed E-state index contributed by atoms with van der Waals surface area (Å²) in [6.45, 7) is 1.73. The highest BCUT2D eigenvalue weighted by Gasteiger charge is 2.14. The van der Waals surface area contributed by atoms with Gasteiger partial charge >= 0.3 is 0 Å². The van der Waals surface area contributed by atoms with Crippen LogP contribution in [0.4, 0.5) is 0 Å². The minimum Gasteiger partial charge on any atom is -0.279 e. The van der Waals surface area contributed by atoms with Crippen molar-refractivity contribution < 1.29 is 4.79 Å². The average Bonchev–Trinajstić information content (AvgIpc) is 2.86. The Morgan fingerprint density at radius 1 is 1.12 bits per heavy atom. The Hall–Kier alpha value is -2.93. The third kappa shape index (κ3) is 3.39. The van der Waals surface area contributed by atoms with Crippen LogP contribution in [0.1, 0.15) is 21.6 Å². The van der Waals surface area contributed by atoms with Crippen LogP contribution < -0.4 is 11.0 Å². The maximum Gasteiger partial charge on any atom is 0.274 e. The van der Waals surface area contributed by atoms with Crippen molar-refractivity contribution in [1.29, 1.82) is 0 Å². The number of hydrazone groups is 1. The van der Waals surface area contributed by atoms with Crippen LogP contribution in [-0.4, -0.2) is 21.5 Å². The zero-order valence-electron chi connectivity index (χ0n) is 14.3. The van der Waals surface area contributed by atoms with Gasteiger partial charge in [0, 0.05) is 17.1 Å². The van der Waals surface area contributed by atoms with E-state index in [0.29, 0.717) is 21.3 Å². The van der Waals surface area contributed by atoms with Crippen LogP contribution in [0.5, 0.6) is 0 Å². The fraction of sp³-hybridized carbons (Fsp3) is 0.105. The van der Waals surface area contributed by atoms with E-state index in [1.807, 2.05) is 36.4 Å². The van der Waals surface area contributed by atoms with E-state index >= 15 is 0 Å². The summed E-state index contributed by atoms with van der Waals surface area (Å²) < 4.78 is 3.96. The Balaban J connectivity index is 1.87. The topological polar surface area (TPSA) is 68.4 Å². The molecule has 0 aliphatic rings. The van der Waals surface area contributed by atoms with Gasteiger partial charge in [-0.2, -0.15) is 5.10 Å². The number of halogens is 1. The lowest BCUT2D eigenvalue weighted by atomic mass is 10.2. The van der Waals surface area contributed by atoms with Crippen molar-refractivity contribution in [2.24, 2.45) is 12.1 Å². The van der Waals surface area contributed by atoms with E-state index in [2.05, 4.69) is 26.5 Å². The highest BCUT2D eigenvalue weighted by molar-refractivity contribution is 9.10. The number of hydrogen-bond donors (Lipinski definition) is 1. The monoisotopic (exact) mass is 412 g/mol. The van der Waals surface area contributed by atoms with Crippen molar-refractivity contribution in [3.05, 3.63) is 86.2 Å². The van der Waals surface area contributed by atoms with E-state index in [4.69, 9.17) is 0 Å². The van der Waals surface area contributed by atoms with Gasteiger partial charge in [0.15, 0.2) is 0 Å². The van der Waals surface area contributed by atoms with Crippen molar-refractivity contribution in [2.45, 2.75) is 6.92 Å². The van der Waals surface area contributed by atoms with E-state index in [0.717, 1.165) is 5.69 Å². The lowest BCUT2D eigenvalue weighted by Gasteiger charge is -2.08. The van der Waals surface area contributed by atoms with Crippen LogP contribution in [0.2, 0.25) is 0 Å².